The molecule has 0 bridgehead atoms. The second-order valence-electron chi connectivity index (χ2n) is 6.51. The van der Waals surface area contributed by atoms with Gasteiger partial charge in [0, 0.05) is 18.7 Å². The Morgan fingerprint density at radius 1 is 1.42 bits per heavy atom. The van der Waals surface area contributed by atoms with Gasteiger partial charge in [-0.25, -0.2) is 13.6 Å². The van der Waals surface area contributed by atoms with Gasteiger partial charge in [-0.15, -0.1) is 0 Å². The van der Waals surface area contributed by atoms with Gasteiger partial charge in [0.05, 0.1) is 6.10 Å². The van der Waals surface area contributed by atoms with Crippen LogP contribution >= 0.6 is 0 Å². The number of carbonyl (C=O) groups excluding carboxylic acids is 3. The van der Waals surface area contributed by atoms with Gasteiger partial charge in [0.2, 0.25) is 5.91 Å². The first-order valence-electron chi connectivity index (χ1n) is 8.29. The molecule has 9 heteroatoms. The molecule has 0 aliphatic carbocycles. The molecule has 2 saturated heterocycles. The second-order valence-corrected chi connectivity index (χ2v) is 6.51. The maximum Gasteiger partial charge on any atom is 0.325 e. The Hall–Kier alpha value is -2.55. The molecule has 1 aromatic carbocycles. The zero-order valence-corrected chi connectivity index (χ0v) is 14.2. The number of amides is 4. The third-order valence-electron chi connectivity index (χ3n) is 4.59. The Kier molecular flexibility index (Phi) is 4.90. The van der Waals surface area contributed by atoms with Gasteiger partial charge in [-0.3, -0.25) is 14.5 Å². The summed E-state index contributed by atoms with van der Waals surface area (Å²) in [5, 5.41) is 4.95. The number of benzene rings is 1. The minimum Gasteiger partial charge on any atom is -0.376 e. The van der Waals surface area contributed by atoms with Crippen molar-refractivity contribution >= 4 is 17.8 Å². The zero-order chi connectivity index (χ0) is 18.9. The van der Waals surface area contributed by atoms with E-state index in [2.05, 4.69) is 10.6 Å². The van der Waals surface area contributed by atoms with Crippen LogP contribution in [0.4, 0.5) is 13.6 Å². The summed E-state index contributed by atoms with van der Waals surface area (Å²) in [5.41, 5.74) is -2.07. The summed E-state index contributed by atoms with van der Waals surface area (Å²) in [6.45, 7) is 1.70. The fraction of sp³-hybridized carbons (Fsp3) is 0.471. The summed E-state index contributed by atoms with van der Waals surface area (Å²) in [4.78, 5) is 37.5. The molecule has 140 valence electrons. The highest BCUT2D eigenvalue weighted by Crippen LogP contribution is 2.31. The fourth-order valence-corrected chi connectivity index (χ4v) is 3.14. The quantitative estimate of drug-likeness (QED) is 0.761. The van der Waals surface area contributed by atoms with Crippen LogP contribution < -0.4 is 10.6 Å². The van der Waals surface area contributed by atoms with E-state index in [0.717, 1.165) is 31.0 Å². The molecular formula is C17H19F2N3O4. The van der Waals surface area contributed by atoms with E-state index in [1.165, 1.54) is 6.92 Å². The minimum atomic E-state index is -1.78. The molecule has 7 nitrogen and oxygen atoms in total. The largest absolute Gasteiger partial charge is 0.376 e. The van der Waals surface area contributed by atoms with Crippen LogP contribution in [-0.2, 0) is 19.9 Å². The first-order chi connectivity index (χ1) is 12.3. The first kappa shape index (κ1) is 18.2. The van der Waals surface area contributed by atoms with Crippen molar-refractivity contribution in [2.24, 2.45) is 0 Å². The molecule has 2 heterocycles. The Bertz CT molecular complexity index is 752. The molecule has 1 aromatic rings. The molecule has 2 aliphatic rings. The normalized spacial score (nSPS) is 25.5. The standard InChI is InChI=1S/C17H19F2N3O4/c1-17(12-7-10(18)4-5-13(12)19)15(24)22(16(25)21-17)9-14(23)20-8-11-3-2-6-26-11/h4-5,7,11H,2-3,6,8-9H2,1H3,(H,20,23)(H,21,25). The summed E-state index contributed by atoms with van der Waals surface area (Å²) in [6, 6.07) is 1.81. The van der Waals surface area contributed by atoms with Crippen LogP contribution in [0.15, 0.2) is 18.2 Å². The van der Waals surface area contributed by atoms with E-state index in [9.17, 15) is 23.2 Å². The molecule has 0 aromatic heterocycles. The van der Waals surface area contributed by atoms with Crippen molar-refractivity contribution in [3.63, 3.8) is 0 Å². The van der Waals surface area contributed by atoms with E-state index in [-0.39, 0.29) is 18.2 Å². The van der Waals surface area contributed by atoms with Gasteiger partial charge >= 0.3 is 6.03 Å². The molecule has 0 spiro atoms. The highest BCUT2D eigenvalue weighted by atomic mass is 19.1. The maximum atomic E-state index is 14.1. The maximum absolute atomic E-state index is 14.1. The molecule has 0 radical (unpaired) electrons. The molecule has 2 unspecified atom stereocenters. The number of halogens is 2. The van der Waals surface area contributed by atoms with Crippen molar-refractivity contribution in [1.82, 2.24) is 15.5 Å². The van der Waals surface area contributed by atoms with Gasteiger partial charge in [0.1, 0.15) is 23.7 Å². The third kappa shape index (κ3) is 3.39. The molecule has 26 heavy (non-hydrogen) atoms. The van der Waals surface area contributed by atoms with Gasteiger partial charge in [0.15, 0.2) is 0 Å². The van der Waals surface area contributed by atoms with E-state index in [4.69, 9.17) is 4.74 Å². The van der Waals surface area contributed by atoms with Crippen molar-refractivity contribution < 1.29 is 27.9 Å². The number of carbonyl (C=O) groups is 3. The highest BCUT2D eigenvalue weighted by molar-refractivity contribution is 6.09. The molecule has 2 fully saturated rings. The van der Waals surface area contributed by atoms with Crippen molar-refractivity contribution in [1.29, 1.82) is 0 Å². The van der Waals surface area contributed by atoms with Gasteiger partial charge in [-0.2, -0.15) is 0 Å². The summed E-state index contributed by atoms with van der Waals surface area (Å²) < 4.78 is 32.9. The Morgan fingerprint density at radius 2 is 2.19 bits per heavy atom. The van der Waals surface area contributed by atoms with Crippen LogP contribution in [0.1, 0.15) is 25.3 Å². The molecule has 2 aliphatic heterocycles. The molecule has 3 rings (SSSR count). The predicted octanol–water partition coefficient (Wildman–Crippen LogP) is 1.03. The second kappa shape index (κ2) is 6.99. The Labute approximate surface area is 148 Å². The number of urea groups is 1. The lowest BCUT2D eigenvalue weighted by atomic mass is 9.91. The molecule has 0 saturated carbocycles. The summed E-state index contributed by atoms with van der Waals surface area (Å²) in [7, 11) is 0. The smallest absolute Gasteiger partial charge is 0.325 e. The van der Waals surface area contributed by atoms with Crippen LogP contribution in [0.25, 0.3) is 0 Å². The lowest BCUT2D eigenvalue weighted by Crippen LogP contribution is -2.44. The van der Waals surface area contributed by atoms with Crippen LogP contribution in [0, 0.1) is 11.6 Å². The fourth-order valence-electron chi connectivity index (χ4n) is 3.14. The van der Waals surface area contributed by atoms with Crippen molar-refractivity contribution in [3.05, 3.63) is 35.4 Å². The van der Waals surface area contributed by atoms with E-state index in [1.807, 2.05) is 0 Å². The molecule has 2 atom stereocenters. The van der Waals surface area contributed by atoms with E-state index in [1.54, 1.807) is 0 Å². The molecule has 2 N–H and O–H groups in total. The van der Waals surface area contributed by atoms with Crippen LogP contribution in [0.3, 0.4) is 0 Å². The number of hydrogen-bond donors (Lipinski definition) is 2. The van der Waals surface area contributed by atoms with Crippen LogP contribution in [0.5, 0.6) is 0 Å². The lowest BCUT2D eigenvalue weighted by Gasteiger charge is -2.22. The van der Waals surface area contributed by atoms with Gasteiger partial charge in [0.25, 0.3) is 5.91 Å². The lowest BCUT2D eigenvalue weighted by molar-refractivity contribution is -0.135. The van der Waals surface area contributed by atoms with Crippen molar-refractivity contribution in [3.8, 4) is 0 Å². The summed E-state index contributed by atoms with van der Waals surface area (Å²) >= 11 is 0. The zero-order valence-electron chi connectivity index (χ0n) is 14.2. The number of nitrogens with zero attached hydrogens (tertiary/aromatic N) is 1. The molecule has 4 amide bonds. The number of imide groups is 1. The Balaban J connectivity index is 1.70. The van der Waals surface area contributed by atoms with E-state index >= 15 is 0 Å². The van der Waals surface area contributed by atoms with Crippen LogP contribution in [0.2, 0.25) is 0 Å². The van der Waals surface area contributed by atoms with Gasteiger partial charge in [-0.1, -0.05) is 0 Å². The minimum absolute atomic E-state index is 0.0753. The number of ether oxygens (including phenoxy) is 1. The monoisotopic (exact) mass is 367 g/mol. The number of rotatable bonds is 5. The topological polar surface area (TPSA) is 87.7 Å². The predicted molar refractivity (Wildman–Crippen MR) is 85.9 cm³/mol. The first-order valence-corrected chi connectivity index (χ1v) is 8.29. The number of nitrogens with one attached hydrogen (secondary N) is 2. The number of hydrogen-bond acceptors (Lipinski definition) is 4. The Morgan fingerprint density at radius 3 is 2.88 bits per heavy atom. The summed E-state index contributed by atoms with van der Waals surface area (Å²) in [6.07, 6.45) is 1.68. The average molecular weight is 367 g/mol. The third-order valence-corrected chi connectivity index (χ3v) is 4.59. The SMILES string of the molecule is CC1(c2cc(F)ccc2F)NC(=O)N(CC(=O)NCC2CCCO2)C1=O. The molecular weight excluding hydrogens is 348 g/mol. The van der Waals surface area contributed by atoms with Crippen LogP contribution in [-0.4, -0.2) is 48.5 Å². The van der Waals surface area contributed by atoms with Crippen molar-refractivity contribution in [2.75, 3.05) is 19.7 Å². The van der Waals surface area contributed by atoms with Crippen molar-refractivity contribution in [2.45, 2.75) is 31.4 Å². The van der Waals surface area contributed by atoms with Gasteiger partial charge in [-0.05, 0) is 38.0 Å². The van der Waals surface area contributed by atoms with E-state index in [0.29, 0.717) is 11.5 Å². The van der Waals surface area contributed by atoms with Gasteiger partial charge < -0.3 is 15.4 Å². The summed E-state index contributed by atoms with van der Waals surface area (Å²) in [5.74, 6) is -2.92. The van der Waals surface area contributed by atoms with E-state index < -0.39 is 41.6 Å². The average Bonchev–Trinajstić information content (AvgIpc) is 3.18. The highest BCUT2D eigenvalue weighted by Gasteiger charge is 2.50.